The summed E-state index contributed by atoms with van der Waals surface area (Å²) in [6.45, 7) is 0.571. The van der Waals surface area contributed by atoms with Gasteiger partial charge in [0.05, 0.1) is 16.6 Å². The van der Waals surface area contributed by atoms with Crippen LogP contribution in [-0.4, -0.2) is 74.5 Å². The van der Waals surface area contributed by atoms with E-state index in [1.54, 1.807) is 0 Å². The van der Waals surface area contributed by atoms with Gasteiger partial charge < -0.3 is 26.2 Å². The molecule has 5 N–H and O–H groups in total. The Balaban J connectivity index is 2.65. The number of nitrogens with zero attached hydrogens (tertiary/aromatic N) is 1. The molecule has 0 bridgehead atoms. The number of aliphatic carboxylic acids is 1. The van der Waals surface area contributed by atoms with Gasteiger partial charge in [0.2, 0.25) is 17.5 Å². The van der Waals surface area contributed by atoms with Crippen molar-refractivity contribution in [3.8, 4) is 0 Å². The van der Waals surface area contributed by atoms with Crippen molar-refractivity contribution in [2.75, 3.05) is 19.4 Å². The number of rotatable bonds is 5. The zero-order valence-electron chi connectivity index (χ0n) is 13.8. The summed E-state index contributed by atoms with van der Waals surface area (Å²) in [5.74, 6) is -2.98. The van der Waals surface area contributed by atoms with Crippen molar-refractivity contribution >= 4 is 41.2 Å². The number of carbonyl (C=O) groups is 5. The number of β-lactam (4-membered cyclic amide) rings is 1. The summed E-state index contributed by atoms with van der Waals surface area (Å²) < 4.78 is 16.0. The number of imide groups is 1. The van der Waals surface area contributed by atoms with Gasteiger partial charge in [-0.15, -0.1) is 4.48 Å². The van der Waals surface area contributed by atoms with E-state index in [4.69, 9.17) is 10.5 Å². The maximum absolute atomic E-state index is 13.0. The number of urea groups is 1. The SMILES string of the molecule is CNC(=O)OCC1(NC=O)C(=O)[N+]2(C(N)=O)C(C(=O)O)=C(C)CS(=O)[C@@H]12. The topological polar surface area (TPSA) is 182 Å². The number of hydrogen-bond acceptors (Lipinski definition) is 7. The number of carbonyl (C=O) groups excluding carboxylic acids is 4. The number of hydrogen-bond donors (Lipinski definition) is 4. The molecule has 142 valence electrons. The molecule has 2 aliphatic rings. The molecule has 0 aromatic carbocycles. The highest BCUT2D eigenvalue weighted by Crippen LogP contribution is 2.49. The standard InChI is InChI=1S/C13H16N4O8S/c1-6-3-26(24)10-13(16-5-18,4-25-12(23)15-2)9(21)17(10,11(14)22)7(6)8(19)20/h5,10H,3-4H2,1-2H3,(H4-,14,15,16,18,19,20,22,23)/p+1/t10-,13?,17?,26?/m0/s1. The molecule has 0 radical (unpaired) electrons. The Hall–Kier alpha value is -2.80. The lowest BCUT2D eigenvalue weighted by atomic mass is 9.83. The Labute approximate surface area is 149 Å². The van der Waals surface area contributed by atoms with Crippen LogP contribution in [0.2, 0.25) is 0 Å². The van der Waals surface area contributed by atoms with E-state index in [-0.39, 0.29) is 17.7 Å². The van der Waals surface area contributed by atoms with Crippen LogP contribution in [0.15, 0.2) is 11.3 Å². The van der Waals surface area contributed by atoms with E-state index in [0.717, 1.165) is 0 Å². The van der Waals surface area contributed by atoms with Crippen LogP contribution in [0.4, 0.5) is 9.59 Å². The predicted molar refractivity (Wildman–Crippen MR) is 84.3 cm³/mol. The van der Waals surface area contributed by atoms with E-state index in [2.05, 4.69) is 10.6 Å². The second-order valence-electron chi connectivity index (χ2n) is 5.74. The van der Waals surface area contributed by atoms with E-state index in [9.17, 15) is 33.3 Å². The van der Waals surface area contributed by atoms with Gasteiger partial charge >= 0.3 is 24.0 Å². The second-order valence-corrected chi connectivity index (χ2v) is 7.23. The maximum atomic E-state index is 13.0. The Morgan fingerprint density at radius 3 is 2.58 bits per heavy atom. The number of fused-ring (bicyclic) bond motifs is 1. The van der Waals surface area contributed by atoms with Crippen LogP contribution in [0.3, 0.4) is 0 Å². The van der Waals surface area contributed by atoms with Crippen LogP contribution in [-0.2, 0) is 29.9 Å². The number of primary amides is 1. The van der Waals surface area contributed by atoms with Gasteiger partial charge in [-0.1, -0.05) is 0 Å². The van der Waals surface area contributed by atoms with Gasteiger partial charge in [0.1, 0.15) is 6.61 Å². The van der Waals surface area contributed by atoms with Crippen LogP contribution in [0.25, 0.3) is 0 Å². The summed E-state index contributed by atoms with van der Waals surface area (Å²) in [4.78, 5) is 59.2. The average molecular weight is 389 g/mol. The van der Waals surface area contributed by atoms with Crippen LogP contribution in [0.5, 0.6) is 0 Å². The first-order valence-corrected chi connectivity index (χ1v) is 8.59. The molecule has 2 rings (SSSR count). The van der Waals surface area contributed by atoms with Gasteiger partial charge in [-0.2, -0.15) is 0 Å². The molecular weight excluding hydrogens is 372 g/mol. The third-order valence-electron chi connectivity index (χ3n) is 4.34. The zero-order chi connectivity index (χ0) is 19.9. The molecule has 3 unspecified atom stereocenters. The summed E-state index contributed by atoms with van der Waals surface area (Å²) in [6.07, 6.45) is -0.830. The average Bonchev–Trinajstić information content (AvgIpc) is 2.56. The molecule has 1 saturated heterocycles. The molecule has 4 atom stereocenters. The van der Waals surface area contributed by atoms with Gasteiger partial charge in [-0.3, -0.25) is 9.00 Å². The van der Waals surface area contributed by atoms with Crippen molar-refractivity contribution in [1.29, 1.82) is 0 Å². The quantitative estimate of drug-likeness (QED) is 0.230. The van der Waals surface area contributed by atoms with E-state index < -0.39 is 62.5 Å². The first kappa shape index (κ1) is 19.5. The van der Waals surface area contributed by atoms with Crippen LogP contribution < -0.4 is 16.4 Å². The number of alkyl carbamates (subject to hydrolysis) is 1. The number of quaternary nitrogens is 1. The minimum absolute atomic E-state index is 0.0474. The van der Waals surface area contributed by atoms with Gasteiger partial charge in [0.25, 0.3) is 5.54 Å². The molecule has 0 spiro atoms. The van der Waals surface area contributed by atoms with Gasteiger partial charge in [-0.05, 0) is 6.92 Å². The molecule has 0 aromatic rings. The van der Waals surface area contributed by atoms with Crippen molar-refractivity contribution in [1.82, 2.24) is 10.6 Å². The Kier molecular flexibility index (Phi) is 4.88. The molecule has 13 heteroatoms. The highest BCUT2D eigenvalue weighted by atomic mass is 32.2. The number of ether oxygens (including phenoxy) is 1. The molecule has 26 heavy (non-hydrogen) atoms. The summed E-state index contributed by atoms with van der Waals surface area (Å²) in [5.41, 5.74) is 2.72. The highest BCUT2D eigenvalue weighted by molar-refractivity contribution is 7.86. The summed E-state index contributed by atoms with van der Waals surface area (Å²) >= 11 is 0. The largest absolute Gasteiger partial charge is 0.474 e. The van der Waals surface area contributed by atoms with E-state index in [1.165, 1.54) is 14.0 Å². The number of amides is 5. The van der Waals surface area contributed by atoms with Crippen molar-refractivity contribution in [2.45, 2.75) is 17.8 Å². The van der Waals surface area contributed by atoms with Crippen molar-refractivity contribution in [3.63, 3.8) is 0 Å². The third kappa shape index (κ3) is 2.31. The molecule has 12 nitrogen and oxygen atoms in total. The second kappa shape index (κ2) is 6.49. The fourth-order valence-electron chi connectivity index (χ4n) is 3.40. The van der Waals surface area contributed by atoms with Crippen LogP contribution in [0, 0.1) is 0 Å². The first-order valence-electron chi connectivity index (χ1n) is 7.21. The monoisotopic (exact) mass is 389 g/mol. The van der Waals surface area contributed by atoms with Crippen molar-refractivity contribution < 1.29 is 42.5 Å². The molecule has 5 amide bonds. The first-order chi connectivity index (χ1) is 12.1. The lowest BCUT2D eigenvalue weighted by molar-refractivity contribution is -0.784. The molecular formula is C13H17N4O8S+. The van der Waals surface area contributed by atoms with Gasteiger partial charge in [-0.25, -0.2) is 19.2 Å². The van der Waals surface area contributed by atoms with E-state index in [1.807, 2.05) is 0 Å². The number of carboxylic acid groups (broad SMARTS) is 1. The van der Waals surface area contributed by atoms with Gasteiger partial charge in [0, 0.05) is 12.6 Å². The Morgan fingerprint density at radius 2 is 2.12 bits per heavy atom. The smallest absolute Gasteiger partial charge is 0.428 e. The minimum atomic E-state index is -2.05. The highest BCUT2D eigenvalue weighted by Gasteiger charge is 2.84. The molecule has 2 heterocycles. The molecule has 2 aliphatic heterocycles. The lowest BCUT2D eigenvalue weighted by Gasteiger charge is -2.56. The Morgan fingerprint density at radius 1 is 1.50 bits per heavy atom. The fourth-order valence-corrected chi connectivity index (χ4v) is 5.46. The summed E-state index contributed by atoms with van der Waals surface area (Å²) in [6, 6.07) is -1.35. The summed E-state index contributed by atoms with van der Waals surface area (Å²) in [7, 11) is -0.716. The predicted octanol–water partition coefficient (Wildman–Crippen LogP) is -2.29. The van der Waals surface area contributed by atoms with E-state index >= 15 is 0 Å². The minimum Gasteiger partial charge on any atom is -0.474 e. The van der Waals surface area contributed by atoms with Crippen molar-refractivity contribution in [3.05, 3.63) is 11.3 Å². The number of nitrogens with two attached hydrogens (primary N) is 1. The molecule has 1 fully saturated rings. The molecule has 0 aliphatic carbocycles. The molecule has 0 saturated carbocycles. The fraction of sp³-hybridized carbons (Fsp3) is 0.462. The lowest BCUT2D eigenvalue weighted by Crippen LogP contribution is -2.93. The van der Waals surface area contributed by atoms with E-state index in [0.29, 0.717) is 0 Å². The van der Waals surface area contributed by atoms with Gasteiger partial charge in [0.15, 0.2) is 0 Å². The summed E-state index contributed by atoms with van der Waals surface area (Å²) in [5, 5.41) is 12.2. The molecule has 0 aromatic heterocycles. The zero-order valence-corrected chi connectivity index (χ0v) is 14.6. The van der Waals surface area contributed by atoms with Crippen LogP contribution >= 0.6 is 0 Å². The van der Waals surface area contributed by atoms with Crippen molar-refractivity contribution in [2.24, 2.45) is 5.73 Å². The van der Waals surface area contributed by atoms with Crippen LogP contribution in [0.1, 0.15) is 6.92 Å². The third-order valence-corrected chi connectivity index (χ3v) is 6.28. The Bertz CT molecular complexity index is 780. The number of carboxylic acids is 1. The number of nitrogens with one attached hydrogen (secondary N) is 2. The normalized spacial score (nSPS) is 32.8. The maximum Gasteiger partial charge on any atom is 0.428 e.